The Kier molecular flexibility index (Phi) is 4.91. The van der Waals surface area contributed by atoms with Crippen LogP contribution in [0.25, 0.3) is 17.0 Å². The van der Waals surface area contributed by atoms with Crippen LogP contribution in [0, 0.1) is 0 Å². The van der Waals surface area contributed by atoms with Gasteiger partial charge >= 0.3 is 7.12 Å². The van der Waals surface area contributed by atoms with Gasteiger partial charge in [0.25, 0.3) is 0 Å². The number of amides is 1. The lowest BCUT2D eigenvalue weighted by Crippen LogP contribution is -2.41. The molecule has 6 heteroatoms. The van der Waals surface area contributed by atoms with Gasteiger partial charge in [0.2, 0.25) is 5.91 Å². The fourth-order valence-electron chi connectivity index (χ4n) is 2.88. The van der Waals surface area contributed by atoms with Gasteiger partial charge in [0, 0.05) is 25.1 Å². The Morgan fingerprint density at radius 3 is 2.50 bits per heavy atom. The number of carbonyl (C=O) groups excluding carboxylic acids is 1. The van der Waals surface area contributed by atoms with Crippen molar-refractivity contribution in [2.24, 2.45) is 0 Å². The number of pyridine rings is 1. The molecule has 1 aliphatic rings. The van der Waals surface area contributed by atoms with Gasteiger partial charge < -0.3 is 14.6 Å². The Morgan fingerprint density at radius 2 is 1.85 bits per heavy atom. The van der Waals surface area contributed by atoms with Crippen LogP contribution in [0.15, 0.2) is 42.0 Å². The summed E-state index contributed by atoms with van der Waals surface area (Å²) in [5, 5.41) is 3.91. The summed E-state index contributed by atoms with van der Waals surface area (Å²) < 4.78 is 12.4. The average Bonchev–Trinajstić information content (AvgIpc) is 2.79. The second-order valence-corrected chi connectivity index (χ2v) is 7.63. The van der Waals surface area contributed by atoms with Gasteiger partial charge in [-0.3, -0.25) is 9.78 Å². The summed E-state index contributed by atoms with van der Waals surface area (Å²) in [5.74, 6) is -0.0907. The summed E-state index contributed by atoms with van der Waals surface area (Å²) in [4.78, 5) is 15.9. The number of nitrogens with zero attached hydrogens (tertiary/aromatic N) is 1. The van der Waals surface area contributed by atoms with E-state index in [1.54, 1.807) is 6.20 Å². The van der Waals surface area contributed by atoms with Crippen LogP contribution in [-0.2, 0) is 14.1 Å². The highest BCUT2D eigenvalue weighted by molar-refractivity contribution is 6.56. The topological polar surface area (TPSA) is 60.5 Å². The van der Waals surface area contributed by atoms with E-state index in [0.29, 0.717) is 6.54 Å². The van der Waals surface area contributed by atoms with Gasteiger partial charge in [0.1, 0.15) is 0 Å². The highest BCUT2D eigenvalue weighted by Crippen LogP contribution is 2.39. The molecule has 1 fully saturated rings. The van der Waals surface area contributed by atoms with Crippen LogP contribution < -0.4 is 5.32 Å². The molecule has 5 nitrogen and oxygen atoms in total. The van der Waals surface area contributed by atoms with Gasteiger partial charge in [-0.05, 0) is 50.9 Å². The fraction of sp³-hybridized carbons (Fsp3) is 0.400. The van der Waals surface area contributed by atoms with Crippen molar-refractivity contribution in [3.8, 4) is 0 Å². The molecule has 26 heavy (non-hydrogen) atoms. The summed E-state index contributed by atoms with van der Waals surface area (Å²) in [6.07, 6.45) is 3.81. The number of rotatable bonds is 4. The first-order valence-corrected chi connectivity index (χ1v) is 8.84. The van der Waals surface area contributed by atoms with E-state index in [1.807, 2.05) is 64.1 Å². The number of hydrogen-bond acceptors (Lipinski definition) is 4. The van der Waals surface area contributed by atoms with E-state index in [-0.39, 0.29) is 5.91 Å². The van der Waals surface area contributed by atoms with Gasteiger partial charge in [-0.2, -0.15) is 0 Å². The van der Waals surface area contributed by atoms with Gasteiger partial charge in [-0.25, -0.2) is 0 Å². The van der Waals surface area contributed by atoms with Crippen LogP contribution in [0.2, 0.25) is 0 Å². The second-order valence-electron chi connectivity index (χ2n) is 7.63. The third kappa shape index (κ3) is 3.66. The maximum atomic E-state index is 11.5. The van der Waals surface area contributed by atoms with E-state index >= 15 is 0 Å². The van der Waals surface area contributed by atoms with Gasteiger partial charge in [-0.15, -0.1) is 0 Å². The molecule has 1 N–H and O–H groups in total. The normalized spacial score (nSPS) is 19.0. The van der Waals surface area contributed by atoms with E-state index < -0.39 is 18.3 Å². The summed E-state index contributed by atoms with van der Waals surface area (Å²) >= 11 is 0. The van der Waals surface area contributed by atoms with Crippen molar-refractivity contribution in [2.45, 2.75) is 45.8 Å². The number of benzene rings is 1. The first-order chi connectivity index (χ1) is 12.2. The van der Waals surface area contributed by atoms with Crippen LogP contribution in [0.4, 0.5) is 0 Å². The minimum atomic E-state index is -0.515. The highest BCUT2D eigenvalue weighted by Gasteiger charge is 2.52. The molecule has 0 bridgehead atoms. The van der Waals surface area contributed by atoms with Crippen molar-refractivity contribution < 1.29 is 14.1 Å². The minimum absolute atomic E-state index is 0.0907. The van der Waals surface area contributed by atoms with E-state index in [1.165, 1.54) is 6.92 Å². The Morgan fingerprint density at radius 1 is 1.15 bits per heavy atom. The second kappa shape index (κ2) is 6.85. The van der Waals surface area contributed by atoms with Crippen LogP contribution in [0.5, 0.6) is 0 Å². The summed E-state index contributed by atoms with van der Waals surface area (Å²) in [7, 11) is -0.515. The van der Waals surface area contributed by atoms with Crippen LogP contribution in [-0.4, -0.2) is 35.8 Å². The van der Waals surface area contributed by atoms with Crippen molar-refractivity contribution in [3.05, 3.63) is 47.6 Å². The molecule has 1 aromatic heterocycles. The number of hydrogen-bond donors (Lipinski definition) is 1. The van der Waals surface area contributed by atoms with Crippen molar-refractivity contribution in [2.75, 3.05) is 6.54 Å². The number of carbonyl (C=O) groups is 1. The van der Waals surface area contributed by atoms with E-state index in [4.69, 9.17) is 9.31 Å². The third-order valence-electron chi connectivity index (χ3n) is 5.12. The van der Waals surface area contributed by atoms with Crippen molar-refractivity contribution in [3.63, 3.8) is 0 Å². The van der Waals surface area contributed by atoms with Crippen molar-refractivity contribution in [1.29, 1.82) is 0 Å². The van der Waals surface area contributed by atoms with Crippen molar-refractivity contribution >= 4 is 30.0 Å². The predicted octanol–water partition coefficient (Wildman–Crippen LogP) is 3.39. The Balaban J connectivity index is 2.01. The molecule has 1 amide bonds. The van der Waals surface area contributed by atoms with E-state index in [0.717, 1.165) is 21.9 Å². The molecule has 0 atom stereocenters. The van der Waals surface area contributed by atoms with Crippen LogP contribution in [0.1, 0.15) is 40.2 Å². The quantitative estimate of drug-likeness (QED) is 0.857. The van der Waals surface area contributed by atoms with E-state index in [2.05, 4.69) is 10.3 Å². The predicted molar refractivity (Wildman–Crippen MR) is 104 cm³/mol. The molecule has 2 aromatic rings. The number of aromatic nitrogens is 1. The molecule has 0 spiro atoms. The molecular weight excluding hydrogens is 327 g/mol. The molecule has 0 radical (unpaired) electrons. The first-order valence-electron chi connectivity index (χ1n) is 8.84. The zero-order valence-corrected chi connectivity index (χ0v) is 16.0. The molecule has 136 valence electrons. The fourth-order valence-corrected chi connectivity index (χ4v) is 2.88. The smallest absolute Gasteiger partial charge is 0.400 e. The maximum absolute atomic E-state index is 11.5. The van der Waals surface area contributed by atoms with Crippen LogP contribution >= 0.6 is 0 Å². The largest absolute Gasteiger partial charge is 0.492 e. The third-order valence-corrected chi connectivity index (χ3v) is 5.12. The first kappa shape index (κ1) is 18.6. The average molecular weight is 352 g/mol. The molecule has 0 saturated carbocycles. The monoisotopic (exact) mass is 352 g/mol. The molecule has 1 aliphatic heterocycles. The lowest BCUT2D eigenvalue weighted by Gasteiger charge is -2.32. The minimum Gasteiger partial charge on any atom is -0.400 e. The van der Waals surface area contributed by atoms with Crippen LogP contribution in [0.3, 0.4) is 0 Å². The standard InChI is InChI=1S/C20H25BN2O3/c1-14(24)23-13-16(21-25-19(2,3)20(4,5)26-21)12-15-8-6-10-18-17(15)9-7-11-22-18/h6-12H,13H2,1-5H3,(H,23,24). The van der Waals surface area contributed by atoms with Gasteiger partial charge in [0.15, 0.2) is 0 Å². The summed E-state index contributed by atoms with van der Waals surface area (Å²) in [5.41, 5.74) is 1.94. The molecule has 2 heterocycles. The zero-order valence-electron chi connectivity index (χ0n) is 16.0. The molecule has 0 aliphatic carbocycles. The number of nitrogens with one attached hydrogen (secondary N) is 1. The van der Waals surface area contributed by atoms with Gasteiger partial charge in [-0.1, -0.05) is 24.3 Å². The SMILES string of the molecule is CC(=O)NCC(=Cc1cccc2ncccc12)B1OC(C)(C)C(C)(C)O1. The Hall–Kier alpha value is -2.18. The molecular formula is C20H25BN2O3. The Labute approximate surface area is 154 Å². The lowest BCUT2D eigenvalue weighted by atomic mass is 9.76. The molecule has 3 rings (SSSR count). The maximum Gasteiger partial charge on any atom is 0.492 e. The van der Waals surface area contributed by atoms with Crippen molar-refractivity contribution in [1.82, 2.24) is 10.3 Å². The molecule has 1 aromatic carbocycles. The molecule has 0 unspecified atom stereocenters. The number of fused-ring (bicyclic) bond motifs is 1. The zero-order chi connectivity index (χ0) is 18.9. The Bertz CT molecular complexity index is 840. The highest BCUT2D eigenvalue weighted by atomic mass is 16.7. The summed E-state index contributed by atoms with van der Waals surface area (Å²) in [6, 6.07) is 9.94. The van der Waals surface area contributed by atoms with E-state index in [9.17, 15) is 4.79 Å². The lowest BCUT2D eigenvalue weighted by molar-refractivity contribution is -0.118. The molecule has 1 saturated heterocycles. The van der Waals surface area contributed by atoms with Gasteiger partial charge in [0.05, 0.1) is 16.7 Å². The summed E-state index contributed by atoms with van der Waals surface area (Å²) in [6.45, 7) is 9.94.